The molecule has 0 radical (unpaired) electrons. The van der Waals surface area contributed by atoms with Crippen molar-refractivity contribution in [2.24, 2.45) is 0 Å². The minimum absolute atomic E-state index is 0.222. The standard InChI is InChI=1S/C22H20FN3O2S/c1-16-8-10-18(11-9-16)28-14-21-24-25-22(26(21)13-19-6-4-12-27-19)29-15-17-5-2-3-7-20(17)23/h2-12H,13-15H2,1H3. The summed E-state index contributed by atoms with van der Waals surface area (Å²) in [5, 5.41) is 9.28. The molecule has 0 fully saturated rings. The van der Waals surface area contributed by atoms with Crippen LogP contribution in [0.25, 0.3) is 0 Å². The number of furan rings is 1. The first-order chi connectivity index (χ1) is 14.2. The summed E-state index contributed by atoms with van der Waals surface area (Å²) in [7, 11) is 0. The van der Waals surface area contributed by atoms with Crippen LogP contribution in [0.1, 0.15) is 22.7 Å². The molecule has 5 nitrogen and oxygen atoms in total. The normalized spacial score (nSPS) is 11.0. The quantitative estimate of drug-likeness (QED) is 0.373. The van der Waals surface area contributed by atoms with E-state index in [-0.39, 0.29) is 12.4 Å². The molecule has 0 bridgehead atoms. The van der Waals surface area contributed by atoms with E-state index in [1.54, 1.807) is 18.4 Å². The summed E-state index contributed by atoms with van der Waals surface area (Å²) in [5.74, 6) is 2.47. The molecule has 148 valence electrons. The average molecular weight is 409 g/mol. The first-order valence-electron chi connectivity index (χ1n) is 9.19. The summed E-state index contributed by atoms with van der Waals surface area (Å²) in [4.78, 5) is 0. The maximum Gasteiger partial charge on any atom is 0.192 e. The molecule has 0 aliphatic carbocycles. The topological polar surface area (TPSA) is 53.1 Å². The van der Waals surface area contributed by atoms with Crippen molar-refractivity contribution in [3.63, 3.8) is 0 Å². The van der Waals surface area contributed by atoms with E-state index in [1.807, 2.05) is 54.0 Å². The van der Waals surface area contributed by atoms with E-state index >= 15 is 0 Å². The van der Waals surface area contributed by atoms with Crippen molar-refractivity contribution in [2.75, 3.05) is 0 Å². The Morgan fingerprint density at radius 2 is 1.86 bits per heavy atom. The van der Waals surface area contributed by atoms with E-state index < -0.39 is 0 Å². The van der Waals surface area contributed by atoms with Crippen molar-refractivity contribution in [3.05, 3.63) is 95.5 Å². The number of benzene rings is 2. The van der Waals surface area contributed by atoms with E-state index in [0.717, 1.165) is 11.5 Å². The smallest absolute Gasteiger partial charge is 0.192 e. The van der Waals surface area contributed by atoms with Crippen LogP contribution in [0.15, 0.2) is 76.5 Å². The molecule has 4 rings (SSSR count). The van der Waals surface area contributed by atoms with Crippen LogP contribution in [0.5, 0.6) is 5.75 Å². The second kappa shape index (κ2) is 8.96. The maximum atomic E-state index is 13.9. The van der Waals surface area contributed by atoms with Gasteiger partial charge in [0.1, 0.15) is 23.9 Å². The number of rotatable bonds is 8. The van der Waals surface area contributed by atoms with Crippen LogP contribution in [0.3, 0.4) is 0 Å². The lowest BCUT2D eigenvalue weighted by Gasteiger charge is -2.10. The van der Waals surface area contributed by atoms with Crippen molar-refractivity contribution >= 4 is 11.8 Å². The molecule has 0 aliphatic rings. The molecule has 0 amide bonds. The minimum Gasteiger partial charge on any atom is -0.486 e. The first-order valence-corrected chi connectivity index (χ1v) is 10.2. The van der Waals surface area contributed by atoms with Crippen LogP contribution in [0, 0.1) is 12.7 Å². The van der Waals surface area contributed by atoms with E-state index in [4.69, 9.17) is 9.15 Å². The van der Waals surface area contributed by atoms with Gasteiger partial charge in [0.2, 0.25) is 0 Å². The van der Waals surface area contributed by atoms with Gasteiger partial charge in [0.25, 0.3) is 0 Å². The van der Waals surface area contributed by atoms with Gasteiger partial charge in [-0.25, -0.2) is 4.39 Å². The van der Waals surface area contributed by atoms with Gasteiger partial charge in [-0.2, -0.15) is 0 Å². The molecule has 2 aromatic heterocycles. The lowest BCUT2D eigenvalue weighted by molar-refractivity contribution is 0.287. The van der Waals surface area contributed by atoms with Crippen molar-refractivity contribution in [1.82, 2.24) is 14.8 Å². The summed E-state index contributed by atoms with van der Waals surface area (Å²) >= 11 is 1.43. The van der Waals surface area contributed by atoms with Crippen LogP contribution in [0.2, 0.25) is 0 Å². The van der Waals surface area contributed by atoms with Crippen molar-refractivity contribution in [3.8, 4) is 5.75 Å². The monoisotopic (exact) mass is 409 g/mol. The lowest BCUT2D eigenvalue weighted by Crippen LogP contribution is -2.09. The first kappa shape index (κ1) is 19.3. The van der Waals surface area contributed by atoms with Crippen molar-refractivity contribution in [2.45, 2.75) is 31.0 Å². The van der Waals surface area contributed by atoms with Gasteiger partial charge >= 0.3 is 0 Å². The number of aryl methyl sites for hydroxylation is 1. The van der Waals surface area contributed by atoms with Crippen LogP contribution in [-0.2, 0) is 18.9 Å². The third kappa shape index (κ3) is 4.86. The molecule has 0 saturated heterocycles. The molecular weight excluding hydrogens is 389 g/mol. The SMILES string of the molecule is Cc1ccc(OCc2nnc(SCc3ccccc3F)n2Cc2ccco2)cc1. The molecule has 0 aliphatic heterocycles. The molecule has 2 heterocycles. The Labute approximate surface area is 172 Å². The summed E-state index contributed by atoms with van der Waals surface area (Å²) in [6.45, 7) is 2.78. The zero-order chi connectivity index (χ0) is 20.1. The molecule has 2 aromatic carbocycles. The summed E-state index contributed by atoms with van der Waals surface area (Å²) < 4.78 is 27.3. The second-order valence-electron chi connectivity index (χ2n) is 6.55. The van der Waals surface area contributed by atoms with Gasteiger partial charge in [-0.1, -0.05) is 47.7 Å². The van der Waals surface area contributed by atoms with Gasteiger partial charge in [0, 0.05) is 5.75 Å². The van der Waals surface area contributed by atoms with Crippen LogP contribution in [-0.4, -0.2) is 14.8 Å². The Balaban J connectivity index is 1.52. The molecule has 0 saturated carbocycles. The molecule has 0 unspecified atom stereocenters. The van der Waals surface area contributed by atoms with E-state index in [0.29, 0.717) is 28.8 Å². The number of ether oxygens (including phenoxy) is 1. The predicted octanol–water partition coefficient (Wildman–Crippen LogP) is 5.24. The van der Waals surface area contributed by atoms with Gasteiger partial charge in [0.05, 0.1) is 12.8 Å². The fraction of sp³-hybridized carbons (Fsp3) is 0.182. The second-order valence-corrected chi connectivity index (χ2v) is 7.49. The minimum atomic E-state index is -0.222. The Kier molecular flexibility index (Phi) is 5.95. The Bertz CT molecular complexity index is 1060. The largest absolute Gasteiger partial charge is 0.486 e. The summed E-state index contributed by atoms with van der Waals surface area (Å²) in [6, 6.07) is 18.3. The average Bonchev–Trinajstić information content (AvgIpc) is 3.38. The fourth-order valence-corrected chi connectivity index (χ4v) is 3.73. The summed E-state index contributed by atoms with van der Waals surface area (Å²) in [6.07, 6.45) is 1.63. The third-order valence-corrected chi connectivity index (χ3v) is 5.41. The van der Waals surface area contributed by atoms with E-state index in [1.165, 1.54) is 23.4 Å². The molecule has 4 aromatic rings. The highest BCUT2D eigenvalue weighted by Crippen LogP contribution is 2.25. The zero-order valence-electron chi connectivity index (χ0n) is 15.9. The van der Waals surface area contributed by atoms with Gasteiger partial charge in [-0.3, -0.25) is 4.57 Å². The molecule has 29 heavy (non-hydrogen) atoms. The fourth-order valence-electron chi connectivity index (χ4n) is 2.79. The highest BCUT2D eigenvalue weighted by atomic mass is 32.2. The number of aromatic nitrogens is 3. The molecular formula is C22H20FN3O2S. The van der Waals surface area contributed by atoms with Gasteiger partial charge in [-0.15, -0.1) is 10.2 Å². The number of thioether (sulfide) groups is 1. The number of hydrogen-bond donors (Lipinski definition) is 0. The van der Waals surface area contributed by atoms with E-state index in [2.05, 4.69) is 10.2 Å². The molecule has 0 atom stereocenters. The number of nitrogens with zero attached hydrogens (tertiary/aromatic N) is 3. The van der Waals surface area contributed by atoms with E-state index in [9.17, 15) is 4.39 Å². The van der Waals surface area contributed by atoms with Gasteiger partial charge in [-0.05, 0) is 42.8 Å². The Morgan fingerprint density at radius 1 is 1.03 bits per heavy atom. The molecule has 0 N–H and O–H groups in total. The van der Waals surface area contributed by atoms with Crippen LogP contribution < -0.4 is 4.74 Å². The van der Waals surface area contributed by atoms with Crippen LogP contribution in [0.4, 0.5) is 4.39 Å². The number of halogens is 1. The van der Waals surface area contributed by atoms with Crippen molar-refractivity contribution in [1.29, 1.82) is 0 Å². The number of hydrogen-bond acceptors (Lipinski definition) is 5. The van der Waals surface area contributed by atoms with Crippen molar-refractivity contribution < 1.29 is 13.5 Å². The Morgan fingerprint density at radius 3 is 2.62 bits per heavy atom. The highest BCUT2D eigenvalue weighted by Gasteiger charge is 2.16. The van der Waals surface area contributed by atoms with Gasteiger partial charge in [0.15, 0.2) is 11.0 Å². The molecule has 7 heteroatoms. The zero-order valence-corrected chi connectivity index (χ0v) is 16.7. The Hall–Kier alpha value is -3.06. The predicted molar refractivity (Wildman–Crippen MR) is 109 cm³/mol. The highest BCUT2D eigenvalue weighted by molar-refractivity contribution is 7.98. The summed E-state index contributed by atoms with van der Waals surface area (Å²) in [5.41, 5.74) is 1.80. The third-order valence-electron chi connectivity index (χ3n) is 4.39. The molecule has 0 spiro atoms. The van der Waals surface area contributed by atoms with Crippen LogP contribution >= 0.6 is 11.8 Å². The maximum absolute atomic E-state index is 13.9. The van der Waals surface area contributed by atoms with Gasteiger partial charge < -0.3 is 9.15 Å². The lowest BCUT2D eigenvalue weighted by atomic mass is 10.2.